The zero-order valence-electron chi connectivity index (χ0n) is 8.32. The summed E-state index contributed by atoms with van der Waals surface area (Å²) in [4.78, 5) is 13.5. The second-order valence-electron chi connectivity index (χ2n) is 3.48. The molecule has 2 N–H and O–H groups in total. The first-order valence-corrected chi connectivity index (χ1v) is 5.92. The van der Waals surface area contributed by atoms with Crippen molar-refractivity contribution >= 4 is 17.7 Å². The molecule has 0 spiro atoms. The Bertz CT molecular complexity index is 180. The normalized spacial score (nSPS) is 24.4. The van der Waals surface area contributed by atoms with Crippen LogP contribution in [0.1, 0.15) is 19.8 Å². The van der Waals surface area contributed by atoms with Crippen LogP contribution in [0, 0.1) is 0 Å². The number of hydrogen-bond donors (Lipinski definition) is 1. The fourth-order valence-corrected chi connectivity index (χ4v) is 2.71. The Morgan fingerprint density at radius 2 is 2.46 bits per heavy atom. The molecule has 1 rings (SSSR count). The average molecular weight is 202 g/mol. The van der Waals surface area contributed by atoms with Crippen LogP contribution < -0.4 is 5.73 Å². The van der Waals surface area contributed by atoms with E-state index in [1.165, 1.54) is 5.75 Å². The smallest absolute Gasteiger partial charge is 0.239 e. The van der Waals surface area contributed by atoms with Crippen molar-refractivity contribution in [2.45, 2.75) is 31.8 Å². The van der Waals surface area contributed by atoms with Gasteiger partial charge in [-0.05, 0) is 18.6 Å². The van der Waals surface area contributed by atoms with Crippen molar-refractivity contribution in [3.05, 3.63) is 0 Å². The lowest BCUT2D eigenvalue weighted by Crippen LogP contribution is -2.46. The molecule has 0 aliphatic carbocycles. The first kappa shape index (κ1) is 10.9. The van der Waals surface area contributed by atoms with Crippen LogP contribution in [0.4, 0.5) is 0 Å². The van der Waals surface area contributed by atoms with E-state index in [-0.39, 0.29) is 11.9 Å². The van der Waals surface area contributed by atoms with Crippen LogP contribution in [-0.2, 0) is 4.79 Å². The molecule has 0 bridgehead atoms. The summed E-state index contributed by atoms with van der Waals surface area (Å²) in [5.41, 5.74) is 5.69. The molecule has 1 unspecified atom stereocenters. The number of carbonyl (C=O) groups excluding carboxylic acids is 1. The molecule has 0 saturated carbocycles. The minimum atomic E-state index is -0.310. The van der Waals surface area contributed by atoms with Gasteiger partial charge in [-0.3, -0.25) is 4.79 Å². The Morgan fingerprint density at radius 1 is 1.77 bits per heavy atom. The quantitative estimate of drug-likeness (QED) is 0.732. The minimum absolute atomic E-state index is 0.0926. The summed E-state index contributed by atoms with van der Waals surface area (Å²) in [6.07, 6.45) is 1.84. The maximum atomic E-state index is 11.7. The lowest BCUT2D eigenvalue weighted by Gasteiger charge is -2.26. The Labute approximate surface area is 84.0 Å². The summed E-state index contributed by atoms with van der Waals surface area (Å²) >= 11 is 1.91. The molecule has 1 amide bonds. The van der Waals surface area contributed by atoms with Crippen LogP contribution >= 0.6 is 11.8 Å². The van der Waals surface area contributed by atoms with Crippen molar-refractivity contribution in [3.8, 4) is 0 Å². The molecule has 0 aromatic heterocycles. The van der Waals surface area contributed by atoms with E-state index >= 15 is 0 Å². The summed E-state index contributed by atoms with van der Waals surface area (Å²) in [7, 11) is 1.87. The first-order valence-electron chi connectivity index (χ1n) is 4.76. The highest BCUT2D eigenvalue weighted by Crippen LogP contribution is 2.21. The maximum Gasteiger partial charge on any atom is 0.239 e. The maximum absolute atomic E-state index is 11.7. The first-order chi connectivity index (χ1) is 6.16. The predicted octanol–water partition coefficient (Wildman–Crippen LogP) is 0.688. The third kappa shape index (κ3) is 2.61. The number of nitrogens with two attached hydrogens (primary N) is 1. The van der Waals surface area contributed by atoms with E-state index in [9.17, 15) is 4.79 Å². The van der Waals surface area contributed by atoms with E-state index in [0.29, 0.717) is 6.04 Å². The largest absolute Gasteiger partial charge is 0.341 e. The number of hydrogen-bond acceptors (Lipinski definition) is 3. The molecule has 0 aromatic carbocycles. The van der Waals surface area contributed by atoms with Crippen LogP contribution in [0.25, 0.3) is 0 Å². The van der Waals surface area contributed by atoms with Gasteiger partial charge in [-0.2, -0.15) is 11.8 Å². The van der Waals surface area contributed by atoms with Gasteiger partial charge in [0.2, 0.25) is 5.91 Å². The highest BCUT2D eigenvalue weighted by atomic mass is 32.2. The van der Waals surface area contributed by atoms with E-state index in [1.54, 1.807) is 0 Å². The zero-order valence-corrected chi connectivity index (χ0v) is 9.14. The van der Waals surface area contributed by atoms with Gasteiger partial charge in [-0.1, -0.05) is 6.92 Å². The molecule has 3 nitrogen and oxygen atoms in total. The monoisotopic (exact) mass is 202 g/mol. The standard InChI is InChI=1S/C9H18N2OS/c1-3-8(10)9(12)11(2)7-4-5-13-6-7/h7-8H,3-6,10H2,1-2H3/t7?,8-/m0/s1. The highest BCUT2D eigenvalue weighted by molar-refractivity contribution is 7.99. The Morgan fingerprint density at radius 3 is 2.92 bits per heavy atom. The van der Waals surface area contributed by atoms with Gasteiger partial charge in [0, 0.05) is 18.8 Å². The molecular formula is C9H18N2OS. The van der Waals surface area contributed by atoms with Gasteiger partial charge in [0.05, 0.1) is 6.04 Å². The fourth-order valence-electron chi connectivity index (χ4n) is 1.44. The van der Waals surface area contributed by atoms with Crippen LogP contribution in [0.5, 0.6) is 0 Å². The molecule has 1 aliphatic rings. The molecule has 1 fully saturated rings. The topological polar surface area (TPSA) is 46.3 Å². The van der Waals surface area contributed by atoms with Crippen molar-refractivity contribution in [2.75, 3.05) is 18.6 Å². The summed E-state index contributed by atoms with van der Waals surface area (Å²) in [6.45, 7) is 1.94. The van der Waals surface area contributed by atoms with Crippen LogP contribution in [0.15, 0.2) is 0 Å². The van der Waals surface area contributed by atoms with Crippen LogP contribution in [-0.4, -0.2) is 41.4 Å². The lowest BCUT2D eigenvalue weighted by atomic mass is 10.1. The van der Waals surface area contributed by atoms with Gasteiger partial charge in [0.15, 0.2) is 0 Å². The second kappa shape index (κ2) is 4.86. The van der Waals surface area contributed by atoms with Crippen molar-refractivity contribution in [1.82, 2.24) is 4.90 Å². The van der Waals surface area contributed by atoms with Crippen molar-refractivity contribution in [2.24, 2.45) is 5.73 Å². The number of nitrogens with zero attached hydrogens (tertiary/aromatic N) is 1. The van der Waals surface area contributed by atoms with Crippen LogP contribution in [0.3, 0.4) is 0 Å². The van der Waals surface area contributed by atoms with Crippen molar-refractivity contribution < 1.29 is 4.79 Å². The molecule has 1 aliphatic heterocycles. The number of thioether (sulfide) groups is 1. The Balaban J connectivity index is 2.45. The van der Waals surface area contributed by atoms with Crippen molar-refractivity contribution in [1.29, 1.82) is 0 Å². The molecule has 76 valence electrons. The van der Waals surface area contributed by atoms with E-state index in [2.05, 4.69) is 0 Å². The zero-order chi connectivity index (χ0) is 9.84. The highest BCUT2D eigenvalue weighted by Gasteiger charge is 2.26. The van der Waals surface area contributed by atoms with E-state index in [4.69, 9.17) is 5.73 Å². The molecule has 0 aromatic rings. The molecule has 1 saturated heterocycles. The van der Waals surface area contributed by atoms with Gasteiger partial charge in [0.25, 0.3) is 0 Å². The number of likely N-dealkylation sites (N-methyl/N-ethyl adjacent to an activating group) is 1. The molecule has 13 heavy (non-hydrogen) atoms. The third-order valence-electron chi connectivity index (χ3n) is 2.56. The van der Waals surface area contributed by atoms with Gasteiger partial charge in [-0.25, -0.2) is 0 Å². The molecule has 4 heteroatoms. The van der Waals surface area contributed by atoms with E-state index in [0.717, 1.165) is 18.6 Å². The Hall–Kier alpha value is -0.220. The van der Waals surface area contributed by atoms with E-state index in [1.807, 2.05) is 30.6 Å². The third-order valence-corrected chi connectivity index (χ3v) is 3.70. The predicted molar refractivity (Wildman–Crippen MR) is 56.8 cm³/mol. The van der Waals surface area contributed by atoms with Gasteiger partial charge >= 0.3 is 0 Å². The summed E-state index contributed by atoms with van der Waals surface area (Å²) in [6, 6.07) is 0.102. The number of amides is 1. The minimum Gasteiger partial charge on any atom is -0.341 e. The molecule has 0 radical (unpaired) electrons. The number of rotatable bonds is 3. The number of carbonyl (C=O) groups is 1. The second-order valence-corrected chi connectivity index (χ2v) is 4.63. The Kier molecular flexibility index (Phi) is 4.06. The van der Waals surface area contributed by atoms with Gasteiger partial charge in [-0.15, -0.1) is 0 Å². The molecule has 2 atom stereocenters. The summed E-state index contributed by atoms with van der Waals surface area (Å²) in [5.74, 6) is 2.33. The van der Waals surface area contributed by atoms with Crippen LogP contribution in [0.2, 0.25) is 0 Å². The average Bonchev–Trinajstić information content (AvgIpc) is 2.67. The van der Waals surface area contributed by atoms with Crippen molar-refractivity contribution in [3.63, 3.8) is 0 Å². The molecular weight excluding hydrogens is 184 g/mol. The SMILES string of the molecule is CC[C@H](N)C(=O)N(C)C1CCSC1. The van der Waals surface area contributed by atoms with Gasteiger partial charge < -0.3 is 10.6 Å². The summed E-state index contributed by atoms with van der Waals surface area (Å²) in [5, 5.41) is 0. The van der Waals surface area contributed by atoms with Gasteiger partial charge in [0.1, 0.15) is 0 Å². The summed E-state index contributed by atoms with van der Waals surface area (Å²) < 4.78 is 0. The van der Waals surface area contributed by atoms with E-state index < -0.39 is 0 Å². The fraction of sp³-hybridized carbons (Fsp3) is 0.889. The lowest BCUT2D eigenvalue weighted by molar-refractivity contribution is -0.132. The molecule has 1 heterocycles.